The second kappa shape index (κ2) is 9.21. The van der Waals surface area contributed by atoms with Crippen molar-refractivity contribution in [3.8, 4) is 0 Å². The summed E-state index contributed by atoms with van der Waals surface area (Å²) in [5.74, 6) is 2.36. The lowest BCUT2D eigenvalue weighted by molar-refractivity contribution is -0.116. The summed E-state index contributed by atoms with van der Waals surface area (Å²) < 4.78 is 0. The van der Waals surface area contributed by atoms with E-state index in [4.69, 9.17) is 5.73 Å². The van der Waals surface area contributed by atoms with Gasteiger partial charge in [-0.2, -0.15) is 11.8 Å². The first-order valence-electron chi connectivity index (χ1n) is 9.12. The van der Waals surface area contributed by atoms with Crippen molar-refractivity contribution in [1.29, 1.82) is 0 Å². The molecular formula is C21H27N3OS. The Labute approximate surface area is 160 Å². The molecule has 1 heterocycles. The maximum atomic E-state index is 12.4. The summed E-state index contributed by atoms with van der Waals surface area (Å²) in [6.45, 7) is 5.22. The highest BCUT2D eigenvalue weighted by molar-refractivity contribution is 7.99. The van der Waals surface area contributed by atoms with Gasteiger partial charge in [-0.05, 0) is 29.7 Å². The van der Waals surface area contributed by atoms with Crippen LogP contribution in [0.1, 0.15) is 29.2 Å². The van der Waals surface area contributed by atoms with Gasteiger partial charge >= 0.3 is 0 Å². The molecule has 2 aromatic carbocycles. The summed E-state index contributed by atoms with van der Waals surface area (Å²) in [4.78, 5) is 14.9. The highest BCUT2D eigenvalue weighted by Crippen LogP contribution is 2.21. The molecule has 1 saturated heterocycles. The molecule has 1 unspecified atom stereocenters. The van der Waals surface area contributed by atoms with Gasteiger partial charge in [0.25, 0.3) is 0 Å². The Kier molecular flexibility index (Phi) is 6.72. The molecule has 0 aromatic heterocycles. The minimum Gasteiger partial charge on any atom is -0.326 e. The summed E-state index contributed by atoms with van der Waals surface area (Å²) in [6.07, 6.45) is 0.275. The number of nitrogens with one attached hydrogen (secondary N) is 1. The number of rotatable bonds is 6. The fourth-order valence-electron chi connectivity index (χ4n) is 3.14. The molecule has 1 fully saturated rings. The van der Waals surface area contributed by atoms with Gasteiger partial charge in [0.1, 0.15) is 0 Å². The molecule has 0 radical (unpaired) electrons. The topological polar surface area (TPSA) is 58.4 Å². The third-order valence-electron chi connectivity index (χ3n) is 4.72. The Morgan fingerprint density at radius 2 is 1.92 bits per heavy atom. The van der Waals surface area contributed by atoms with Crippen LogP contribution in [0.4, 0.5) is 5.69 Å². The monoisotopic (exact) mass is 369 g/mol. The molecule has 0 aliphatic carbocycles. The average molecular weight is 370 g/mol. The van der Waals surface area contributed by atoms with Crippen LogP contribution in [-0.2, 0) is 11.3 Å². The summed E-state index contributed by atoms with van der Waals surface area (Å²) in [5, 5.41) is 3.05. The molecule has 1 aliphatic heterocycles. The molecule has 0 saturated carbocycles. The molecule has 26 heavy (non-hydrogen) atoms. The Morgan fingerprint density at radius 1 is 1.19 bits per heavy atom. The van der Waals surface area contributed by atoms with E-state index < -0.39 is 0 Å². The summed E-state index contributed by atoms with van der Waals surface area (Å²) >= 11 is 2.02. The van der Waals surface area contributed by atoms with Crippen molar-refractivity contribution in [2.24, 2.45) is 5.73 Å². The maximum Gasteiger partial charge on any atom is 0.226 e. The molecule has 1 aliphatic rings. The predicted molar refractivity (Wildman–Crippen MR) is 110 cm³/mol. The van der Waals surface area contributed by atoms with Crippen molar-refractivity contribution in [1.82, 2.24) is 4.90 Å². The minimum absolute atomic E-state index is 0.0454. The lowest BCUT2D eigenvalue weighted by Gasteiger charge is -2.26. The van der Waals surface area contributed by atoms with Crippen molar-refractivity contribution in [3.63, 3.8) is 0 Å². The normalized spacial score (nSPS) is 16.2. The first-order chi connectivity index (χ1) is 12.6. The van der Waals surface area contributed by atoms with Gasteiger partial charge in [0.2, 0.25) is 5.91 Å². The van der Waals surface area contributed by atoms with E-state index in [0.717, 1.165) is 36.4 Å². The predicted octanol–water partition coefficient (Wildman–Crippen LogP) is 3.57. The first kappa shape index (κ1) is 19.0. The fraction of sp³-hybridized carbons (Fsp3) is 0.381. The number of hydrogen-bond donors (Lipinski definition) is 2. The molecule has 1 atom stereocenters. The molecule has 0 bridgehead atoms. The zero-order valence-corrected chi connectivity index (χ0v) is 16.1. The highest BCUT2D eigenvalue weighted by Gasteiger charge is 2.14. The smallest absolute Gasteiger partial charge is 0.226 e. The number of amides is 1. The number of hydrogen-bond acceptors (Lipinski definition) is 4. The van der Waals surface area contributed by atoms with Crippen LogP contribution in [0.3, 0.4) is 0 Å². The number of aryl methyl sites for hydroxylation is 1. The van der Waals surface area contributed by atoms with Crippen LogP contribution >= 0.6 is 11.8 Å². The standard InChI is InChI=1S/C21H27N3OS/c1-16-7-8-17(15-24-9-11-26-12-10-24)13-20(16)23-21(25)14-19(22)18-5-3-2-4-6-18/h2-8,13,19H,9-12,14-15,22H2,1H3,(H,23,25). The third kappa shape index (κ3) is 5.34. The molecule has 3 N–H and O–H groups in total. The molecule has 1 amide bonds. The van der Waals surface area contributed by atoms with E-state index in [-0.39, 0.29) is 18.4 Å². The summed E-state index contributed by atoms with van der Waals surface area (Å²) in [7, 11) is 0. The van der Waals surface area contributed by atoms with Crippen molar-refractivity contribution in [3.05, 3.63) is 65.2 Å². The zero-order chi connectivity index (χ0) is 18.4. The number of thioether (sulfide) groups is 1. The SMILES string of the molecule is Cc1ccc(CN2CCSCC2)cc1NC(=O)CC(N)c1ccccc1. The van der Waals surface area contributed by atoms with Crippen LogP contribution in [0.5, 0.6) is 0 Å². The van der Waals surface area contributed by atoms with Crippen LogP contribution in [0, 0.1) is 6.92 Å². The number of carbonyl (C=O) groups excluding carboxylic acids is 1. The van der Waals surface area contributed by atoms with E-state index in [0.29, 0.717) is 0 Å². The van der Waals surface area contributed by atoms with Gasteiger partial charge in [-0.15, -0.1) is 0 Å². The Hall–Kier alpha value is -1.82. The number of benzene rings is 2. The van der Waals surface area contributed by atoms with Crippen molar-refractivity contribution in [2.75, 3.05) is 29.9 Å². The molecular weight excluding hydrogens is 342 g/mol. The Bertz CT molecular complexity index is 729. The number of nitrogens with zero attached hydrogens (tertiary/aromatic N) is 1. The number of carbonyl (C=O) groups is 1. The molecule has 2 aromatic rings. The van der Waals surface area contributed by atoms with Gasteiger partial charge in [-0.3, -0.25) is 9.69 Å². The lowest BCUT2D eigenvalue weighted by Crippen LogP contribution is -2.32. The van der Waals surface area contributed by atoms with E-state index in [1.807, 2.05) is 49.0 Å². The lowest BCUT2D eigenvalue weighted by atomic mass is 10.0. The van der Waals surface area contributed by atoms with E-state index in [9.17, 15) is 4.79 Å². The van der Waals surface area contributed by atoms with Crippen molar-refractivity contribution in [2.45, 2.75) is 25.9 Å². The van der Waals surface area contributed by atoms with Crippen LogP contribution < -0.4 is 11.1 Å². The minimum atomic E-state index is -0.287. The van der Waals surface area contributed by atoms with E-state index >= 15 is 0 Å². The van der Waals surface area contributed by atoms with Gasteiger partial charge in [-0.1, -0.05) is 42.5 Å². The van der Waals surface area contributed by atoms with E-state index in [1.54, 1.807) is 0 Å². The third-order valence-corrected chi connectivity index (χ3v) is 5.66. The van der Waals surface area contributed by atoms with Crippen molar-refractivity contribution < 1.29 is 4.79 Å². The van der Waals surface area contributed by atoms with Gasteiger partial charge < -0.3 is 11.1 Å². The van der Waals surface area contributed by atoms with Gasteiger partial charge in [0.05, 0.1) is 0 Å². The quantitative estimate of drug-likeness (QED) is 0.817. The van der Waals surface area contributed by atoms with Gasteiger partial charge in [-0.25, -0.2) is 0 Å². The fourth-order valence-corrected chi connectivity index (χ4v) is 4.12. The summed E-state index contributed by atoms with van der Waals surface area (Å²) in [5.41, 5.74) is 10.4. The number of nitrogens with two attached hydrogens (primary N) is 1. The molecule has 5 heteroatoms. The van der Waals surface area contributed by atoms with Crippen LogP contribution in [0.15, 0.2) is 48.5 Å². The largest absolute Gasteiger partial charge is 0.326 e. The Balaban J connectivity index is 1.61. The first-order valence-corrected chi connectivity index (χ1v) is 10.3. The van der Waals surface area contributed by atoms with E-state index in [1.165, 1.54) is 17.1 Å². The second-order valence-corrected chi connectivity index (χ2v) is 8.03. The Morgan fingerprint density at radius 3 is 2.65 bits per heavy atom. The molecule has 4 nitrogen and oxygen atoms in total. The zero-order valence-electron chi connectivity index (χ0n) is 15.3. The highest BCUT2D eigenvalue weighted by atomic mass is 32.2. The molecule has 3 rings (SSSR count). The van der Waals surface area contributed by atoms with E-state index in [2.05, 4.69) is 28.4 Å². The van der Waals surface area contributed by atoms with Gasteiger partial charge in [0, 0.05) is 49.3 Å². The average Bonchev–Trinajstić information content (AvgIpc) is 2.66. The molecule has 0 spiro atoms. The van der Waals surface area contributed by atoms with Crippen LogP contribution in [0.2, 0.25) is 0 Å². The van der Waals surface area contributed by atoms with Crippen LogP contribution in [-0.4, -0.2) is 35.4 Å². The summed E-state index contributed by atoms with van der Waals surface area (Å²) in [6, 6.07) is 15.8. The molecule has 138 valence electrons. The second-order valence-electron chi connectivity index (χ2n) is 6.81. The van der Waals surface area contributed by atoms with Crippen molar-refractivity contribution >= 4 is 23.4 Å². The van der Waals surface area contributed by atoms with Crippen LogP contribution in [0.25, 0.3) is 0 Å². The maximum absolute atomic E-state index is 12.4. The van der Waals surface area contributed by atoms with Gasteiger partial charge in [0.15, 0.2) is 0 Å². The number of anilines is 1.